The van der Waals surface area contributed by atoms with Gasteiger partial charge >= 0.3 is 6.18 Å². The number of alkyl halides is 3. The predicted octanol–water partition coefficient (Wildman–Crippen LogP) is 7.66. The summed E-state index contributed by atoms with van der Waals surface area (Å²) in [7, 11) is 0. The van der Waals surface area contributed by atoms with E-state index < -0.39 is 11.7 Å². The molecule has 33 heavy (non-hydrogen) atoms. The molecular weight excluding hydrogens is 453 g/mol. The Kier molecular flexibility index (Phi) is 6.93. The first kappa shape index (κ1) is 23.2. The number of rotatable bonds is 6. The average molecular weight is 477 g/mol. The molecule has 1 fully saturated rings. The van der Waals surface area contributed by atoms with Crippen LogP contribution in [0.3, 0.4) is 0 Å². The Bertz CT molecular complexity index is 1100. The van der Waals surface area contributed by atoms with Crippen LogP contribution in [0.1, 0.15) is 43.2 Å². The average Bonchev–Trinajstić information content (AvgIpc) is 2.78. The van der Waals surface area contributed by atoms with E-state index in [1.54, 1.807) is 13.1 Å². The van der Waals surface area contributed by atoms with Crippen LogP contribution in [-0.2, 0) is 6.18 Å². The molecule has 4 rings (SSSR count). The quantitative estimate of drug-likeness (QED) is 0.382. The zero-order valence-corrected chi connectivity index (χ0v) is 18.8. The summed E-state index contributed by atoms with van der Waals surface area (Å²) >= 11 is 5.70. The summed E-state index contributed by atoms with van der Waals surface area (Å²) in [5.74, 6) is 1.53. The second kappa shape index (κ2) is 9.87. The fourth-order valence-electron chi connectivity index (χ4n) is 3.71. The van der Waals surface area contributed by atoms with Crippen molar-refractivity contribution >= 4 is 34.7 Å². The van der Waals surface area contributed by atoms with Crippen molar-refractivity contribution in [3.63, 3.8) is 0 Å². The monoisotopic (exact) mass is 476 g/mol. The van der Waals surface area contributed by atoms with Crippen molar-refractivity contribution in [3.8, 4) is 5.75 Å². The van der Waals surface area contributed by atoms with Gasteiger partial charge in [0.15, 0.2) is 0 Å². The van der Waals surface area contributed by atoms with E-state index in [4.69, 9.17) is 16.3 Å². The zero-order valence-electron chi connectivity index (χ0n) is 18.0. The number of ether oxygens (including phenoxy) is 1. The highest BCUT2D eigenvalue weighted by Gasteiger charge is 2.33. The third-order valence-corrected chi connectivity index (χ3v) is 5.80. The number of hydrogen-bond acceptors (Lipinski definition) is 5. The molecule has 0 saturated heterocycles. The van der Waals surface area contributed by atoms with Gasteiger partial charge in [-0.05, 0) is 75.1 Å². The summed E-state index contributed by atoms with van der Waals surface area (Å²) < 4.78 is 45.5. The third-order valence-electron chi connectivity index (χ3n) is 5.47. The Balaban J connectivity index is 1.45. The molecule has 1 heterocycles. The van der Waals surface area contributed by atoms with Gasteiger partial charge in [0.25, 0.3) is 0 Å². The van der Waals surface area contributed by atoms with Crippen LogP contribution in [0.4, 0.5) is 36.3 Å². The van der Waals surface area contributed by atoms with Crippen LogP contribution in [0, 0.1) is 6.92 Å². The topological polar surface area (TPSA) is 59.1 Å². The van der Waals surface area contributed by atoms with Gasteiger partial charge in [0.1, 0.15) is 11.6 Å². The van der Waals surface area contributed by atoms with E-state index in [0.29, 0.717) is 17.3 Å². The smallest absolute Gasteiger partial charge is 0.417 e. The molecule has 1 aliphatic rings. The number of nitrogens with zero attached hydrogens (tertiary/aromatic N) is 2. The molecule has 0 spiro atoms. The van der Waals surface area contributed by atoms with Crippen LogP contribution in [0.2, 0.25) is 5.02 Å². The summed E-state index contributed by atoms with van der Waals surface area (Å²) in [6.45, 7) is 1.77. The van der Waals surface area contributed by atoms with Crippen molar-refractivity contribution in [2.24, 2.45) is 0 Å². The van der Waals surface area contributed by atoms with Crippen molar-refractivity contribution in [1.82, 2.24) is 9.97 Å². The van der Waals surface area contributed by atoms with E-state index in [0.717, 1.165) is 30.3 Å². The van der Waals surface area contributed by atoms with Crippen molar-refractivity contribution in [2.75, 3.05) is 10.6 Å². The first-order chi connectivity index (χ1) is 15.8. The fraction of sp³-hybridized carbons (Fsp3) is 0.333. The lowest BCUT2D eigenvalue weighted by Gasteiger charge is -2.23. The molecule has 1 aliphatic carbocycles. The van der Waals surface area contributed by atoms with E-state index >= 15 is 0 Å². The van der Waals surface area contributed by atoms with Crippen molar-refractivity contribution in [2.45, 2.75) is 51.3 Å². The lowest BCUT2D eigenvalue weighted by atomic mass is 9.98. The lowest BCUT2D eigenvalue weighted by Crippen LogP contribution is -2.19. The Morgan fingerprint density at radius 1 is 0.970 bits per heavy atom. The maximum absolute atomic E-state index is 13.2. The second-order valence-electron chi connectivity index (χ2n) is 8.07. The predicted molar refractivity (Wildman–Crippen MR) is 124 cm³/mol. The fourth-order valence-corrected chi connectivity index (χ4v) is 3.93. The number of halogens is 4. The number of aryl methyl sites for hydroxylation is 1. The minimum Gasteiger partial charge on any atom is -0.490 e. The molecule has 2 aromatic carbocycles. The molecule has 0 radical (unpaired) electrons. The summed E-state index contributed by atoms with van der Waals surface area (Å²) in [4.78, 5) is 8.68. The molecule has 3 aromatic rings. The van der Waals surface area contributed by atoms with Crippen molar-refractivity contribution < 1.29 is 17.9 Å². The van der Waals surface area contributed by atoms with Gasteiger partial charge in [-0.3, -0.25) is 0 Å². The van der Waals surface area contributed by atoms with Gasteiger partial charge in [0.05, 0.1) is 16.7 Å². The Morgan fingerprint density at radius 2 is 1.67 bits per heavy atom. The van der Waals surface area contributed by atoms with E-state index in [1.165, 1.54) is 31.4 Å². The highest BCUT2D eigenvalue weighted by molar-refractivity contribution is 6.31. The molecule has 0 amide bonds. The number of aromatic nitrogens is 2. The first-order valence-electron chi connectivity index (χ1n) is 10.8. The van der Waals surface area contributed by atoms with Crippen LogP contribution in [0.15, 0.2) is 48.7 Å². The lowest BCUT2D eigenvalue weighted by molar-refractivity contribution is -0.137. The molecule has 0 unspecified atom stereocenters. The first-order valence-corrected chi connectivity index (χ1v) is 11.2. The van der Waals surface area contributed by atoms with Gasteiger partial charge in [-0.25, -0.2) is 4.98 Å². The largest absolute Gasteiger partial charge is 0.490 e. The van der Waals surface area contributed by atoms with Gasteiger partial charge in [0.2, 0.25) is 5.95 Å². The Morgan fingerprint density at radius 3 is 2.36 bits per heavy atom. The molecule has 5 nitrogen and oxygen atoms in total. The van der Waals surface area contributed by atoms with Crippen LogP contribution in [-0.4, -0.2) is 16.1 Å². The molecule has 1 aromatic heterocycles. The van der Waals surface area contributed by atoms with Gasteiger partial charge < -0.3 is 15.4 Å². The molecular formula is C24H24ClF3N4O. The highest BCUT2D eigenvalue weighted by atomic mass is 35.5. The molecule has 0 bridgehead atoms. The number of hydrogen-bond donors (Lipinski definition) is 2. The third kappa shape index (κ3) is 6.07. The number of nitrogens with one attached hydrogen (secondary N) is 2. The van der Waals surface area contributed by atoms with E-state index in [9.17, 15) is 13.2 Å². The SMILES string of the molecule is Cc1cnc(Nc2ccc(OC3CCCCC3)cc2)nc1Nc1ccc(Cl)c(C(F)(F)F)c1. The minimum atomic E-state index is -4.55. The summed E-state index contributed by atoms with van der Waals surface area (Å²) in [5.41, 5.74) is 0.769. The van der Waals surface area contributed by atoms with Crippen LogP contribution >= 0.6 is 11.6 Å². The molecule has 2 N–H and O–H groups in total. The standard InChI is InChI=1S/C24H24ClF3N4O/c1-15-14-29-23(31-16-7-10-19(11-8-16)33-18-5-3-2-4-6-18)32-22(15)30-17-9-12-21(25)20(13-17)24(26,27)28/h7-14,18H,2-6H2,1H3,(H2,29,30,31,32). The Labute approximate surface area is 195 Å². The Hall–Kier alpha value is -3.00. The van der Waals surface area contributed by atoms with Crippen LogP contribution in [0.25, 0.3) is 0 Å². The van der Waals surface area contributed by atoms with Crippen molar-refractivity contribution in [1.29, 1.82) is 0 Å². The van der Waals surface area contributed by atoms with Gasteiger partial charge in [-0.2, -0.15) is 18.2 Å². The number of benzene rings is 2. The van der Waals surface area contributed by atoms with Crippen LogP contribution < -0.4 is 15.4 Å². The van der Waals surface area contributed by atoms with Crippen LogP contribution in [0.5, 0.6) is 5.75 Å². The molecule has 9 heteroatoms. The summed E-state index contributed by atoms with van der Waals surface area (Å²) in [6, 6.07) is 11.2. The number of anilines is 4. The van der Waals surface area contributed by atoms with Gasteiger partial charge in [0, 0.05) is 23.1 Å². The van der Waals surface area contributed by atoms with Gasteiger partial charge in [-0.1, -0.05) is 18.0 Å². The van der Waals surface area contributed by atoms with Gasteiger partial charge in [-0.15, -0.1) is 0 Å². The van der Waals surface area contributed by atoms with E-state index in [-0.39, 0.29) is 16.8 Å². The minimum absolute atomic E-state index is 0.226. The molecule has 0 atom stereocenters. The van der Waals surface area contributed by atoms with Crippen molar-refractivity contribution in [3.05, 3.63) is 64.8 Å². The maximum atomic E-state index is 13.2. The zero-order chi connectivity index (χ0) is 23.4. The maximum Gasteiger partial charge on any atom is 0.417 e. The van der Waals surface area contributed by atoms with E-state index in [1.807, 2.05) is 24.3 Å². The molecule has 1 saturated carbocycles. The summed E-state index contributed by atoms with van der Waals surface area (Å²) in [5, 5.41) is 5.68. The highest BCUT2D eigenvalue weighted by Crippen LogP contribution is 2.37. The van der Waals surface area contributed by atoms with E-state index in [2.05, 4.69) is 20.6 Å². The molecule has 0 aliphatic heterocycles. The second-order valence-corrected chi connectivity index (χ2v) is 8.48. The normalized spacial score (nSPS) is 14.7. The molecule has 174 valence electrons. The summed E-state index contributed by atoms with van der Waals surface area (Å²) in [6.07, 6.45) is 3.19.